The first-order valence-electron chi connectivity index (χ1n) is 6.04. The molecule has 2 aliphatic rings. The average molecular weight is 232 g/mol. The third kappa shape index (κ3) is 1.64. The molecule has 3 N–H and O–H groups in total. The number of anilines is 2. The number of para-hydroxylation sites is 1. The van der Waals surface area contributed by atoms with Gasteiger partial charge in [-0.1, -0.05) is 12.5 Å². The average Bonchev–Trinajstić information content (AvgIpc) is 2.47. The molecule has 1 aliphatic heterocycles. The zero-order valence-electron chi connectivity index (χ0n) is 9.62. The number of nitrogens with one attached hydrogen (secondary N) is 2. The van der Waals surface area contributed by atoms with Crippen molar-refractivity contribution < 1.29 is 9.90 Å². The number of carboxylic acids is 1. The van der Waals surface area contributed by atoms with Gasteiger partial charge in [0.1, 0.15) is 0 Å². The molecule has 1 fully saturated rings. The van der Waals surface area contributed by atoms with Crippen molar-refractivity contribution in [3.8, 4) is 0 Å². The highest BCUT2D eigenvalue weighted by molar-refractivity contribution is 5.98. The van der Waals surface area contributed by atoms with E-state index in [0.717, 1.165) is 24.5 Å². The van der Waals surface area contributed by atoms with Gasteiger partial charge in [0.25, 0.3) is 0 Å². The van der Waals surface area contributed by atoms with Gasteiger partial charge in [-0.2, -0.15) is 0 Å². The van der Waals surface area contributed by atoms with Crippen LogP contribution >= 0.6 is 0 Å². The standard InChI is InChI=1S/C13H16N2O2/c16-12(17)9-3-1-4-10-11(9)15-8-13(7-14-10)5-2-6-13/h1,3-4,14-15H,2,5-8H2,(H,16,17). The fraction of sp³-hybridized carbons (Fsp3) is 0.462. The number of carbonyl (C=O) groups is 1. The molecule has 0 atom stereocenters. The van der Waals surface area contributed by atoms with Crippen LogP contribution < -0.4 is 10.6 Å². The zero-order chi connectivity index (χ0) is 11.9. The summed E-state index contributed by atoms with van der Waals surface area (Å²) in [7, 11) is 0. The lowest BCUT2D eigenvalue weighted by Gasteiger charge is -2.41. The molecule has 0 amide bonds. The van der Waals surface area contributed by atoms with Gasteiger partial charge in [-0.3, -0.25) is 0 Å². The molecular weight excluding hydrogens is 216 g/mol. The van der Waals surface area contributed by atoms with Crippen LogP contribution in [0.5, 0.6) is 0 Å². The first-order valence-corrected chi connectivity index (χ1v) is 6.04. The van der Waals surface area contributed by atoms with Gasteiger partial charge in [-0.25, -0.2) is 4.79 Å². The Labute approximate surface area is 100 Å². The quantitative estimate of drug-likeness (QED) is 0.695. The molecule has 0 radical (unpaired) electrons. The molecule has 0 saturated heterocycles. The largest absolute Gasteiger partial charge is 0.478 e. The molecule has 1 spiro atoms. The number of benzene rings is 1. The fourth-order valence-electron chi connectivity index (χ4n) is 2.72. The smallest absolute Gasteiger partial charge is 0.337 e. The minimum Gasteiger partial charge on any atom is -0.478 e. The molecule has 0 aromatic heterocycles. The second-order valence-electron chi connectivity index (χ2n) is 5.09. The van der Waals surface area contributed by atoms with Gasteiger partial charge < -0.3 is 15.7 Å². The van der Waals surface area contributed by atoms with E-state index in [4.69, 9.17) is 5.11 Å². The van der Waals surface area contributed by atoms with Crippen LogP contribution in [0.1, 0.15) is 29.6 Å². The Kier molecular flexibility index (Phi) is 2.24. The summed E-state index contributed by atoms with van der Waals surface area (Å²) in [6.45, 7) is 1.81. The zero-order valence-corrected chi connectivity index (χ0v) is 9.62. The van der Waals surface area contributed by atoms with Crippen LogP contribution in [0.2, 0.25) is 0 Å². The maximum absolute atomic E-state index is 11.2. The van der Waals surface area contributed by atoms with E-state index in [0.29, 0.717) is 11.0 Å². The Morgan fingerprint density at radius 3 is 2.65 bits per heavy atom. The van der Waals surface area contributed by atoms with E-state index in [2.05, 4.69) is 10.6 Å². The van der Waals surface area contributed by atoms with E-state index in [-0.39, 0.29) is 0 Å². The highest BCUT2D eigenvalue weighted by atomic mass is 16.4. The van der Waals surface area contributed by atoms with Gasteiger partial charge in [0, 0.05) is 18.5 Å². The Balaban J connectivity index is 1.95. The van der Waals surface area contributed by atoms with Crippen LogP contribution in [-0.4, -0.2) is 24.2 Å². The van der Waals surface area contributed by atoms with Crippen LogP contribution in [0.25, 0.3) is 0 Å². The number of rotatable bonds is 1. The van der Waals surface area contributed by atoms with Crippen molar-refractivity contribution in [2.75, 3.05) is 23.7 Å². The van der Waals surface area contributed by atoms with Gasteiger partial charge in [-0.15, -0.1) is 0 Å². The topological polar surface area (TPSA) is 61.4 Å². The first kappa shape index (κ1) is 10.4. The maximum Gasteiger partial charge on any atom is 0.337 e. The SMILES string of the molecule is O=C(O)c1cccc2c1NCC1(CCC1)CN2. The molecular formula is C13H16N2O2. The lowest BCUT2D eigenvalue weighted by atomic mass is 9.69. The van der Waals surface area contributed by atoms with E-state index in [1.807, 2.05) is 6.07 Å². The van der Waals surface area contributed by atoms with E-state index in [1.165, 1.54) is 19.3 Å². The summed E-state index contributed by atoms with van der Waals surface area (Å²) in [5, 5.41) is 15.9. The van der Waals surface area contributed by atoms with Gasteiger partial charge in [-0.05, 0) is 25.0 Å². The normalized spacial score (nSPS) is 20.5. The number of aromatic carboxylic acids is 1. The lowest BCUT2D eigenvalue weighted by molar-refractivity contribution is 0.0698. The number of hydrogen-bond acceptors (Lipinski definition) is 3. The summed E-state index contributed by atoms with van der Waals surface area (Å²) in [4.78, 5) is 11.2. The fourth-order valence-corrected chi connectivity index (χ4v) is 2.72. The van der Waals surface area contributed by atoms with Gasteiger partial charge in [0.15, 0.2) is 0 Å². The molecule has 1 aromatic carbocycles. The lowest BCUT2D eigenvalue weighted by Crippen LogP contribution is -2.40. The minimum atomic E-state index is -0.874. The van der Waals surface area contributed by atoms with E-state index >= 15 is 0 Å². The van der Waals surface area contributed by atoms with Crippen LogP contribution in [0.15, 0.2) is 18.2 Å². The molecule has 1 saturated carbocycles. The van der Waals surface area contributed by atoms with Crippen molar-refractivity contribution in [2.24, 2.45) is 5.41 Å². The minimum absolute atomic E-state index is 0.328. The van der Waals surface area contributed by atoms with Gasteiger partial charge >= 0.3 is 5.97 Å². The summed E-state index contributed by atoms with van der Waals surface area (Å²) in [5.41, 5.74) is 2.33. The summed E-state index contributed by atoms with van der Waals surface area (Å²) < 4.78 is 0. The molecule has 0 bridgehead atoms. The maximum atomic E-state index is 11.2. The highest BCUT2D eigenvalue weighted by Gasteiger charge is 2.38. The molecule has 1 aliphatic carbocycles. The molecule has 17 heavy (non-hydrogen) atoms. The van der Waals surface area contributed by atoms with Crippen molar-refractivity contribution in [3.63, 3.8) is 0 Å². The Hall–Kier alpha value is -1.71. The Morgan fingerprint density at radius 2 is 2.00 bits per heavy atom. The molecule has 4 heteroatoms. The molecule has 90 valence electrons. The van der Waals surface area contributed by atoms with Crippen molar-refractivity contribution in [3.05, 3.63) is 23.8 Å². The van der Waals surface area contributed by atoms with Crippen molar-refractivity contribution in [1.29, 1.82) is 0 Å². The monoisotopic (exact) mass is 232 g/mol. The predicted molar refractivity (Wildman–Crippen MR) is 66.7 cm³/mol. The second-order valence-corrected chi connectivity index (χ2v) is 5.09. The molecule has 4 nitrogen and oxygen atoms in total. The summed E-state index contributed by atoms with van der Waals surface area (Å²) >= 11 is 0. The number of fused-ring (bicyclic) bond motifs is 1. The summed E-state index contributed by atoms with van der Waals surface area (Å²) in [6.07, 6.45) is 3.73. The van der Waals surface area contributed by atoms with Crippen molar-refractivity contribution in [2.45, 2.75) is 19.3 Å². The highest BCUT2D eigenvalue weighted by Crippen LogP contribution is 2.44. The third-order valence-corrected chi connectivity index (χ3v) is 4.00. The van der Waals surface area contributed by atoms with Crippen LogP contribution in [0.3, 0.4) is 0 Å². The van der Waals surface area contributed by atoms with Crippen LogP contribution in [0.4, 0.5) is 11.4 Å². The third-order valence-electron chi connectivity index (χ3n) is 4.00. The Bertz CT molecular complexity index is 466. The van der Waals surface area contributed by atoms with E-state index < -0.39 is 5.97 Å². The van der Waals surface area contributed by atoms with E-state index in [1.54, 1.807) is 12.1 Å². The molecule has 3 rings (SSSR count). The summed E-state index contributed by atoms with van der Waals surface area (Å²) in [5.74, 6) is -0.874. The van der Waals surface area contributed by atoms with E-state index in [9.17, 15) is 4.79 Å². The van der Waals surface area contributed by atoms with Crippen LogP contribution in [-0.2, 0) is 0 Å². The molecule has 0 unspecified atom stereocenters. The van der Waals surface area contributed by atoms with Crippen molar-refractivity contribution in [1.82, 2.24) is 0 Å². The molecule has 1 aromatic rings. The Morgan fingerprint density at radius 1 is 1.24 bits per heavy atom. The predicted octanol–water partition coefficient (Wildman–Crippen LogP) is 2.39. The van der Waals surface area contributed by atoms with Crippen LogP contribution in [0, 0.1) is 5.41 Å². The van der Waals surface area contributed by atoms with Gasteiger partial charge in [0.2, 0.25) is 0 Å². The summed E-state index contributed by atoms with van der Waals surface area (Å²) in [6, 6.07) is 5.37. The number of hydrogen-bond donors (Lipinski definition) is 3. The first-order chi connectivity index (χ1) is 8.20. The van der Waals surface area contributed by atoms with Crippen molar-refractivity contribution >= 4 is 17.3 Å². The number of carboxylic acid groups (broad SMARTS) is 1. The second kappa shape index (κ2) is 3.65. The van der Waals surface area contributed by atoms with Gasteiger partial charge in [0.05, 0.1) is 16.9 Å². The molecule has 1 heterocycles.